The second-order valence-electron chi connectivity index (χ2n) is 3.89. The minimum atomic E-state index is -0.984. The van der Waals surface area contributed by atoms with Crippen molar-refractivity contribution in [3.8, 4) is 0 Å². The molecule has 0 radical (unpaired) electrons. The largest absolute Gasteiger partial charge is 0.463 e. The number of esters is 1. The molecule has 0 atom stereocenters. The molecule has 0 unspecified atom stereocenters. The summed E-state index contributed by atoms with van der Waals surface area (Å²) in [5.41, 5.74) is 2.33. The maximum atomic E-state index is 11.8. The number of methoxy groups -OCH3 is 1. The maximum Gasteiger partial charge on any atom is 0.374 e. The highest BCUT2D eigenvalue weighted by Gasteiger charge is 2.19. The summed E-state index contributed by atoms with van der Waals surface area (Å²) in [6.45, 7) is 3.73. The first-order valence-electron chi connectivity index (χ1n) is 5.16. The molecular weight excluding hydrogens is 220 g/mol. The minimum absolute atomic E-state index is 0.368. The van der Waals surface area contributed by atoms with Crippen LogP contribution in [0.3, 0.4) is 0 Å². The molecule has 1 rings (SSSR count). The van der Waals surface area contributed by atoms with Gasteiger partial charge in [0, 0.05) is 5.56 Å². The number of ether oxygens (including phenoxy) is 1. The van der Waals surface area contributed by atoms with Crippen LogP contribution in [0.5, 0.6) is 0 Å². The highest BCUT2D eigenvalue weighted by Crippen LogP contribution is 2.11. The summed E-state index contributed by atoms with van der Waals surface area (Å²) in [7, 11) is 1.11. The van der Waals surface area contributed by atoms with Gasteiger partial charge >= 0.3 is 5.97 Å². The Morgan fingerprint density at radius 1 is 1.06 bits per heavy atom. The zero-order valence-electron chi connectivity index (χ0n) is 10.1. The topological polar surface area (TPSA) is 60.4 Å². The van der Waals surface area contributed by atoms with Gasteiger partial charge in [0.2, 0.25) is 5.78 Å². The number of benzene rings is 1. The van der Waals surface area contributed by atoms with E-state index in [0.29, 0.717) is 5.56 Å². The summed E-state index contributed by atoms with van der Waals surface area (Å²) in [5.74, 6) is -2.17. The lowest BCUT2D eigenvalue weighted by Gasteiger charge is -2.03. The van der Waals surface area contributed by atoms with Gasteiger partial charge in [-0.15, -0.1) is 0 Å². The lowest BCUT2D eigenvalue weighted by molar-refractivity contribution is -0.151. The van der Waals surface area contributed by atoms with E-state index in [1.165, 1.54) is 0 Å². The summed E-state index contributed by atoms with van der Waals surface area (Å²) in [6.07, 6.45) is -0.449. The second kappa shape index (κ2) is 5.39. The van der Waals surface area contributed by atoms with Gasteiger partial charge in [0.25, 0.3) is 0 Å². The van der Waals surface area contributed by atoms with Gasteiger partial charge in [-0.3, -0.25) is 9.59 Å². The number of rotatable bonds is 4. The summed E-state index contributed by atoms with van der Waals surface area (Å²) < 4.78 is 4.26. The first-order valence-corrected chi connectivity index (χ1v) is 5.16. The Morgan fingerprint density at radius 2 is 1.59 bits per heavy atom. The van der Waals surface area contributed by atoms with E-state index in [1.54, 1.807) is 12.1 Å². The van der Waals surface area contributed by atoms with Crippen molar-refractivity contribution in [2.45, 2.75) is 20.3 Å². The van der Waals surface area contributed by atoms with Crippen LogP contribution in [0.25, 0.3) is 0 Å². The van der Waals surface area contributed by atoms with E-state index in [4.69, 9.17) is 0 Å². The van der Waals surface area contributed by atoms with Crippen LogP contribution in [0.2, 0.25) is 0 Å². The summed E-state index contributed by atoms with van der Waals surface area (Å²) >= 11 is 0. The van der Waals surface area contributed by atoms with Gasteiger partial charge in [0.15, 0.2) is 5.78 Å². The Balaban J connectivity index is 2.83. The van der Waals surface area contributed by atoms with E-state index in [0.717, 1.165) is 18.2 Å². The molecule has 0 N–H and O–H groups in total. The van der Waals surface area contributed by atoms with Crippen molar-refractivity contribution in [1.29, 1.82) is 0 Å². The Bertz CT molecular complexity index is 454. The molecule has 0 fully saturated rings. The number of Topliss-reactive ketones (excluding diaryl/α,β-unsaturated/α-hetero) is 2. The average molecular weight is 234 g/mol. The molecule has 0 aromatic heterocycles. The summed E-state index contributed by atoms with van der Waals surface area (Å²) in [5, 5.41) is 0. The van der Waals surface area contributed by atoms with Crippen LogP contribution >= 0.6 is 0 Å². The fourth-order valence-corrected chi connectivity index (χ4v) is 1.57. The quantitative estimate of drug-likeness (QED) is 0.344. The number of ketones is 2. The number of carbonyl (C=O) groups excluding carboxylic acids is 3. The van der Waals surface area contributed by atoms with Crippen LogP contribution in [0.15, 0.2) is 18.2 Å². The molecule has 0 saturated heterocycles. The van der Waals surface area contributed by atoms with Gasteiger partial charge in [0.05, 0.1) is 13.5 Å². The molecule has 0 spiro atoms. The minimum Gasteiger partial charge on any atom is -0.463 e. The molecule has 0 aliphatic carbocycles. The maximum absolute atomic E-state index is 11.8. The molecule has 17 heavy (non-hydrogen) atoms. The molecular formula is C13H14O4. The zero-order valence-corrected chi connectivity index (χ0v) is 10.1. The van der Waals surface area contributed by atoms with E-state index in [-0.39, 0.29) is 5.78 Å². The number of hydrogen-bond acceptors (Lipinski definition) is 4. The van der Waals surface area contributed by atoms with Crippen LogP contribution in [0.1, 0.15) is 27.9 Å². The van der Waals surface area contributed by atoms with Gasteiger partial charge in [-0.05, 0) is 26.0 Å². The van der Waals surface area contributed by atoms with Crippen molar-refractivity contribution in [2.75, 3.05) is 7.11 Å². The van der Waals surface area contributed by atoms with Crippen molar-refractivity contribution in [3.05, 3.63) is 34.9 Å². The molecule has 90 valence electrons. The van der Waals surface area contributed by atoms with Crippen molar-refractivity contribution >= 4 is 17.5 Å². The van der Waals surface area contributed by atoms with Gasteiger partial charge in [-0.25, -0.2) is 4.79 Å². The van der Waals surface area contributed by atoms with Gasteiger partial charge in [-0.1, -0.05) is 17.2 Å². The molecule has 4 heteroatoms. The number of hydrogen-bond donors (Lipinski definition) is 0. The molecule has 0 bridgehead atoms. The van der Waals surface area contributed by atoms with E-state index in [2.05, 4.69) is 4.74 Å². The molecule has 0 aliphatic rings. The molecule has 0 heterocycles. The van der Waals surface area contributed by atoms with Crippen molar-refractivity contribution < 1.29 is 19.1 Å². The van der Waals surface area contributed by atoms with E-state index in [1.807, 2.05) is 19.9 Å². The summed E-state index contributed by atoms with van der Waals surface area (Å²) in [4.78, 5) is 33.9. The van der Waals surface area contributed by atoms with Crippen LogP contribution in [-0.2, 0) is 14.3 Å². The lowest BCUT2D eigenvalue weighted by Crippen LogP contribution is -2.19. The smallest absolute Gasteiger partial charge is 0.374 e. The predicted molar refractivity (Wildman–Crippen MR) is 61.9 cm³/mol. The van der Waals surface area contributed by atoms with Crippen LogP contribution < -0.4 is 0 Å². The molecule has 0 aliphatic heterocycles. The normalized spacial score (nSPS) is 9.82. The molecule has 4 nitrogen and oxygen atoms in total. The first-order chi connectivity index (χ1) is 7.93. The molecule has 0 saturated carbocycles. The fraction of sp³-hybridized carbons (Fsp3) is 0.308. The average Bonchev–Trinajstić information content (AvgIpc) is 2.26. The van der Waals surface area contributed by atoms with Crippen molar-refractivity contribution in [1.82, 2.24) is 0 Å². The number of aryl methyl sites for hydroxylation is 2. The molecule has 1 aromatic carbocycles. The Morgan fingerprint density at radius 3 is 2.06 bits per heavy atom. The zero-order chi connectivity index (χ0) is 13.0. The van der Waals surface area contributed by atoms with Gasteiger partial charge in [0.1, 0.15) is 0 Å². The van der Waals surface area contributed by atoms with E-state index < -0.39 is 18.2 Å². The third-order valence-corrected chi connectivity index (χ3v) is 2.28. The fourth-order valence-electron chi connectivity index (χ4n) is 1.57. The van der Waals surface area contributed by atoms with E-state index >= 15 is 0 Å². The lowest BCUT2D eigenvalue weighted by atomic mass is 10.0. The monoisotopic (exact) mass is 234 g/mol. The number of carbonyl (C=O) groups is 3. The molecule has 1 aromatic rings. The van der Waals surface area contributed by atoms with Crippen LogP contribution in [-0.4, -0.2) is 24.6 Å². The highest BCUT2D eigenvalue weighted by atomic mass is 16.5. The highest BCUT2D eigenvalue weighted by molar-refractivity contribution is 6.38. The Labute approximate surface area is 99.6 Å². The van der Waals surface area contributed by atoms with Crippen LogP contribution in [0, 0.1) is 13.8 Å². The van der Waals surface area contributed by atoms with Crippen LogP contribution in [0.4, 0.5) is 0 Å². The van der Waals surface area contributed by atoms with Gasteiger partial charge < -0.3 is 4.74 Å². The van der Waals surface area contributed by atoms with Crippen molar-refractivity contribution in [3.63, 3.8) is 0 Å². The Hall–Kier alpha value is -1.97. The standard InChI is InChI=1S/C13H14O4/c1-8-4-9(2)6-10(5-8)11(14)7-12(15)13(16)17-3/h4-6H,7H2,1-3H3. The SMILES string of the molecule is COC(=O)C(=O)CC(=O)c1cc(C)cc(C)c1. The third kappa shape index (κ3) is 3.52. The van der Waals surface area contributed by atoms with Crippen molar-refractivity contribution in [2.24, 2.45) is 0 Å². The second-order valence-corrected chi connectivity index (χ2v) is 3.89. The van der Waals surface area contributed by atoms with Gasteiger partial charge in [-0.2, -0.15) is 0 Å². The Kier molecular flexibility index (Phi) is 4.15. The predicted octanol–water partition coefficient (Wildman–Crippen LogP) is 1.62. The first kappa shape index (κ1) is 13.1. The molecule has 0 amide bonds. The van der Waals surface area contributed by atoms with E-state index in [9.17, 15) is 14.4 Å². The third-order valence-electron chi connectivity index (χ3n) is 2.28. The summed E-state index contributed by atoms with van der Waals surface area (Å²) in [6, 6.07) is 5.32.